The number of aryl methyl sites for hydroxylation is 1. The van der Waals surface area contributed by atoms with E-state index in [9.17, 15) is 4.39 Å². The summed E-state index contributed by atoms with van der Waals surface area (Å²) < 4.78 is 13.5. The van der Waals surface area contributed by atoms with E-state index in [4.69, 9.17) is 5.73 Å². The van der Waals surface area contributed by atoms with E-state index in [1.807, 2.05) is 27.1 Å². The Labute approximate surface area is 107 Å². The number of benzene rings is 1. The van der Waals surface area contributed by atoms with Gasteiger partial charge in [-0.15, -0.1) is 11.8 Å². The van der Waals surface area contributed by atoms with Gasteiger partial charge in [0, 0.05) is 23.2 Å². The molecule has 1 unspecified atom stereocenters. The first-order valence-corrected chi connectivity index (χ1v) is 6.73. The third-order valence-electron chi connectivity index (χ3n) is 2.58. The topological polar surface area (TPSA) is 29.3 Å². The van der Waals surface area contributed by atoms with Crippen molar-refractivity contribution in [3.63, 3.8) is 0 Å². The van der Waals surface area contributed by atoms with Crippen molar-refractivity contribution in [2.45, 2.75) is 24.8 Å². The second kappa shape index (κ2) is 6.38. The number of nitrogens with zero attached hydrogens (tertiary/aromatic N) is 1. The van der Waals surface area contributed by atoms with Gasteiger partial charge in [-0.25, -0.2) is 4.39 Å². The Morgan fingerprint density at radius 3 is 2.59 bits per heavy atom. The summed E-state index contributed by atoms with van der Waals surface area (Å²) in [7, 11) is 4.09. The van der Waals surface area contributed by atoms with Gasteiger partial charge in [0.15, 0.2) is 0 Å². The molecule has 0 fully saturated rings. The number of nitrogens with two attached hydrogens (primary N) is 1. The summed E-state index contributed by atoms with van der Waals surface area (Å²) in [4.78, 5) is 3.23. The lowest BCUT2D eigenvalue weighted by molar-refractivity contribution is 0.437. The van der Waals surface area contributed by atoms with Crippen LogP contribution in [-0.2, 0) is 0 Å². The zero-order chi connectivity index (χ0) is 13.0. The summed E-state index contributed by atoms with van der Waals surface area (Å²) in [5.74, 6) is 0.812. The second-order valence-corrected chi connectivity index (χ2v) is 5.72. The number of thioether (sulfide) groups is 1. The number of hydrogen-bond donors (Lipinski definition) is 1. The van der Waals surface area contributed by atoms with Crippen molar-refractivity contribution in [2.24, 2.45) is 5.73 Å². The molecule has 2 nitrogen and oxygen atoms in total. The van der Waals surface area contributed by atoms with Gasteiger partial charge in [0.25, 0.3) is 0 Å². The molecular formula is C13H21FN2S. The first-order chi connectivity index (χ1) is 7.91. The van der Waals surface area contributed by atoms with Gasteiger partial charge in [0.2, 0.25) is 0 Å². The monoisotopic (exact) mass is 256 g/mol. The molecule has 0 radical (unpaired) electrons. The second-order valence-electron chi connectivity index (χ2n) is 4.58. The summed E-state index contributed by atoms with van der Waals surface area (Å²) in [6, 6.07) is 3.33. The van der Waals surface area contributed by atoms with Crippen LogP contribution in [0.2, 0.25) is 0 Å². The summed E-state index contributed by atoms with van der Waals surface area (Å²) in [6.45, 7) is 4.68. The van der Waals surface area contributed by atoms with Crippen molar-refractivity contribution >= 4 is 11.8 Å². The van der Waals surface area contributed by atoms with Gasteiger partial charge < -0.3 is 10.6 Å². The summed E-state index contributed by atoms with van der Waals surface area (Å²) in [6.07, 6.45) is 0. The zero-order valence-corrected chi connectivity index (χ0v) is 11.8. The quantitative estimate of drug-likeness (QED) is 0.821. The van der Waals surface area contributed by atoms with Gasteiger partial charge in [0.05, 0.1) is 0 Å². The highest BCUT2D eigenvalue weighted by Crippen LogP contribution is 2.29. The van der Waals surface area contributed by atoms with E-state index in [0.717, 1.165) is 22.8 Å². The molecule has 2 N–H and O–H groups in total. The van der Waals surface area contributed by atoms with Crippen molar-refractivity contribution < 1.29 is 4.39 Å². The molecule has 0 aliphatic rings. The van der Waals surface area contributed by atoms with Crippen LogP contribution in [0.4, 0.5) is 4.39 Å². The van der Waals surface area contributed by atoms with Gasteiger partial charge in [0.1, 0.15) is 5.82 Å². The van der Waals surface area contributed by atoms with Crippen molar-refractivity contribution in [1.82, 2.24) is 4.90 Å². The first kappa shape index (κ1) is 14.5. The SMILES string of the molecule is Cc1cc(SCCN(C)C)c(C(C)N)cc1F. The van der Waals surface area contributed by atoms with Crippen LogP contribution < -0.4 is 5.73 Å². The van der Waals surface area contributed by atoms with Gasteiger partial charge in [-0.05, 0) is 51.2 Å². The van der Waals surface area contributed by atoms with Crippen LogP contribution in [0.25, 0.3) is 0 Å². The Morgan fingerprint density at radius 2 is 2.06 bits per heavy atom. The minimum absolute atomic E-state index is 0.132. The predicted molar refractivity (Wildman–Crippen MR) is 73.0 cm³/mol. The minimum atomic E-state index is -0.172. The fourth-order valence-electron chi connectivity index (χ4n) is 1.49. The lowest BCUT2D eigenvalue weighted by Gasteiger charge is -2.15. The highest BCUT2D eigenvalue weighted by atomic mass is 32.2. The van der Waals surface area contributed by atoms with E-state index in [1.165, 1.54) is 0 Å². The molecule has 0 heterocycles. The van der Waals surface area contributed by atoms with Crippen molar-refractivity contribution in [3.05, 3.63) is 29.1 Å². The standard InChI is InChI=1S/C13H21FN2S/c1-9-7-13(17-6-5-16(3)4)11(10(2)15)8-12(9)14/h7-8,10H,5-6,15H2,1-4H3. The molecule has 0 aromatic heterocycles. The largest absolute Gasteiger partial charge is 0.324 e. The van der Waals surface area contributed by atoms with Crippen LogP contribution in [0.15, 0.2) is 17.0 Å². The average molecular weight is 256 g/mol. The molecule has 96 valence electrons. The van der Waals surface area contributed by atoms with Crippen LogP contribution in [-0.4, -0.2) is 31.3 Å². The Balaban J connectivity index is 2.85. The molecule has 17 heavy (non-hydrogen) atoms. The molecule has 1 aromatic carbocycles. The number of hydrogen-bond acceptors (Lipinski definition) is 3. The van der Waals surface area contributed by atoms with E-state index in [0.29, 0.717) is 5.56 Å². The zero-order valence-electron chi connectivity index (χ0n) is 11.0. The van der Waals surface area contributed by atoms with Crippen molar-refractivity contribution in [1.29, 1.82) is 0 Å². The number of rotatable bonds is 5. The molecule has 0 aliphatic heterocycles. The maximum atomic E-state index is 13.5. The van der Waals surface area contributed by atoms with Crippen molar-refractivity contribution in [2.75, 3.05) is 26.4 Å². The predicted octanol–water partition coefficient (Wildman–Crippen LogP) is 2.81. The highest BCUT2D eigenvalue weighted by molar-refractivity contribution is 7.99. The van der Waals surface area contributed by atoms with E-state index in [1.54, 1.807) is 24.8 Å². The van der Waals surface area contributed by atoms with Crippen LogP contribution in [0.5, 0.6) is 0 Å². The minimum Gasteiger partial charge on any atom is -0.324 e. The average Bonchev–Trinajstić information content (AvgIpc) is 2.22. The van der Waals surface area contributed by atoms with Gasteiger partial charge >= 0.3 is 0 Å². The molecule has 0 saturated heterocycles. The fraction of sp³-hybridized carbons (Fsp3) is 0.538. The molecule has 0 bridgehead atoms. The molecule has 1 aromatic rings. The van der Waals surface area contributed by atoms with Gasteiger partial charge in [-0.2, -0.15) is 0 Å². The van der Waals surface area contributed by atoms with Crippen LogP contribution in [0.3, 0.4) is 0 Å². The van der Waals surface area contributed by atoms with Crippen LogP contribution in [0.1, 0.15) is 24.1 Å². The summed E-state index contributed by atoms with van der Waals surface area (Å²) in [5, 5.41) is 0. The normalized spacial score (nSPS) is 13.1. The maximum Gasteiger partial charge on any atom is 0.126 e. The van der Waals surface area contributed by atoms with Gasteiger partial charge in [-0.1, -0.05) is 0 Å². The Hall–Kier alpha value is -0.580. The molecule has 0 aliphatic carbocycles. The Kier molecular flexibility index (Phi) is 5.43. The third kappa shape index (κ3) is 4.30. The Morgan fingerprint density at radius 1 is 1.41 bits per heavy atom. The molecule has 0 saturated carbocycles. The van der Waals surface area contributed by atoms with Crippen LogP contribution >= 0.6 is 11.8 Å². The first-order valence-electron chi connectivity index (χ1n) is 5.75. The molecule has 0 spiro atoms. The fourth-order valence-corrected chi connectivity index (χ4v) is 2.84. The third-order valence-corrected chi connectivity index (χ3v) is 3.63. The summed E-state index contributed by atoms with van der Waals surface area (Å²) >= 11 is 1.74. The summed E-state index contributed by atoms with van der Waals surface area (Å²) in [5.41, 5.74) is 7.46. The van der Waals surface area contributed by atoms with E-state index in [2.05, 4.69) is 4.90 Å². The number of halogens is 1. The van der Waals surface area contributed by atoms with E-state index >= 15 is 0 Å². The van der Waals surface area contributed by atoms with Crippen molar-refractivity contribution in [3.8, 4) is 0 Å². The lowest BCUT2D eigenvalue weighted by atomic mass is 10.1. The lowest BCUT2D eigenvalue weighted by Crippen LogP contribution is -2.15. The molecule has 1 atom stereocenters. The van der Waals surface area contributed by atoms with E-state index in [-0.39, 0.29) is 11.9 Å². The molecule has 4 heteroatoms. The highest BCUT2D eigenvalue weighted by Gasteiger charge is 2.11. The molecular weight excluding hydrogens is 235 g/mol. The smallest absolute Gasteiger partial charge is 0.126 e. The Bertz CT molecular complexity index is 378. The van der Waals surface area contributed by atoms with Gasteiger partial charge in [-0.3, -0.25) is 0 Å². The molecule has 1 rings (SSSR count). The van der Waals surface area contributed by atoms with E-state index < -0.39 is 0 Å². The maximum absolute atomic E-state index is 13.5. The van der Waals surface area contributed by atoms with Crippen LogP contribution in [0, 0.1) is 12.7 Å². The molecule has 0 amide bonds.